The van der Waals surface area contributed by atoms with E-state index in [0.717, 1.165) is 65.0 Å². The quantitative estimate of drug-likeness (QED) is 0.193. The second-order valence-corrected chi connectivity index (χ2v) is 7.94. The number of benzene rings is 1. The summed E-state index contributed by atoms with van der Waals surface area (Å²) >= 11 is 1.67. The number of fused-ring (bicyclic) bond motifs is 1. The molecule has 0 spiro atoms. The van der Waals surface area contributed by atoms with Gasteiger partial charge in [0.15, 0.2) is 5.96 Å². The molecule has 0 amide bonds. The molecule has 0 aliphatic rings. The normalized spacial score (nSPS) is 11.3. The molecule has 0 aliphatic carbocycles. The van der Waals surface area contributed by atoms with E-state index in [4.69, 9.17) is 9.47 Å². The summed E-state index contributed by atoms with van der Waals surface area (Å²) in [4.78, 5) is 14.5. The lowest BCUT2D eigenvalue weighted by atomic mass is 10.2. The van der Waals surface area contributed by atoms with Gasteiger partial charge in [-0.2, -0.15) is 0 Å². The molecule has 0 unspecified atom stereocenters. The van der Waals surface area contributed by atoms with Gasteiger partial charge in [-0.25, -0.2) is 4.98 Å². The van der Waals surface area contributed by atoms with Gasteiger partial charge in [-0.1, -0.05) is 0 Å². The number of aromatic nitrogens is 2. The molecular formula is C21H30IN5O2S. The number of aromatic amines is 1. The molecule has 2 aromatic heterocycles. The number of nitrogens with zero attached hydrogens (tertiary/aromatic N) is 3. The van der Waals surface area contributed by atoms with E-state index < -0.39 is 0 Å². The van der Waals surface area contributed by atoms with Gasteiger partial charge in [-0.05, 0) is 25.8 Å². The Morgan fingerprint density at radius 2 is 2.07 bits per heavy atom. The smallest absolute Gasteiger partial charge is 0.193 e. The third-order valence-corrected chi connectivity index (χ3v) is 5.55. The summed E-state index contributed by atoms with van der Waals surface area (Å²) in [5.74, 6) is 2.48. The SMILES string of the molecule is CN=C(NCCCc1cc2c(OC)cc(OC)cc2[nH]1)N(C)Cc1csc(C)n1.I. The zero-order valence-electron chi connectivity index (χ0n) is 18.1. The van der Waals surface area contributed by atoms with E-state index in [9.17, 15) is 0 Å². The highest BCUT2D eigenvalue weighted by atomic mass is 127. The molecule has 3 aromatic rings. The van der Waals surface area contributed by atoms with Gasteiger partial charge >= 0.3 is 0 Å². The molecule has 7 nitrogen and oxygen atoms in total. The Morgan fingerprint density at radius 3 is 2.70 bits per heavy atom. The van der Waals surface area contributed by atoms with Crippen molar-refractivity contribution in [2.45, 2.75) is 26.3 Å². The van der Waals surface area contributed by atoms with Crippen LogP contribution < -0.4 is 14.8 Å². The van der Waals surface area contributed by atoms with E-state index in [1.165, 1.54) is 5.69 Å². The van der Waals surface area contributed by atoms with Crippen molar-refractivity contribution < 1.29 is 9.47 Å². The fourth-order valence-electron chi connectivity index (χ4n) is 3.32. The van der Waals surface area contributed by atoms with E-state index in [1.54, 1.807) is 25.6 Å². The summed E-state index contributed by atoms with van der Waals surface area (Å²) in [5, 5.41) is 7.69. The molecule has 2 N–H and O–H groups in total. The molecule has 0 saturated heterocycles. The lowest BCUT2D eigenvalue weighted by Crippen LogP contribution is -2.39. The highest BCUT2D eigenvalue weighted by Gasteiger charge is 2.10. The summed E-state index contributed by atoms with van der Waals surface area (Å²) in [7, 11) is 7.18. The van der Waals surface area contributed by atoms with Crippen LogP contribution in [-0.4, -0.2) is 55.7 Å². The Bertz CT molecular complexity index is 985. The molecule has 30 heavy (non-hydrogen) atoms. The van der Waals surface area contributed by atoms with Crippen molar-refractivity contribution >= 4 is 52.2 Å². The Hall–Kier alpha value is -2.01. The predicted molar refractivity (Wildman–Crippen MR) is 135 cm³/mol. The van der Waals surface area contributed by atoms with E-state index in [2.05, 4.69) is 36.6 Å². The maximum absolute atomic E-state index is 5.49. The number of hydrogen-bond acceptors (Lipinski definition) is 5. The first-order valence-corrected chi connectivity index (χ1v) is 10.5. The van der Waals surface area contributed by atoms with E-state index >= 15 is 0 Å². The van der Waals surface area contributed by atoms with Crippen LogP contribution in [-0.2, 0) is 13.0 Å². The van der Waals surface area contributed by atoms with Crippen LogP contribution in [0, 0.1) is 6.92 Å². The van der Waals surface area contributed by atoms with Crippen molar-refractivity contribution in [3.05, 3.63) is 40.0 Å². The zero-order valence-corrected chi connectivity index (χ0v) is 21.3. The molecule has 0 radical (unpaired) electrons. The first-order valence-electron chi connectivity index (χ1n) is 9.60. The molecule has 164 valence electrons. The van der Waals surface area contributed by atoms with Crippen LogP contribution in [0.3, 0.4) is 0 Å². The number of ether oxygens (including phenoxy) is 2. The number of nitrogens with one attached hydrogen (secondary N) is 2. The summed E-state index contributed by atoms with van der Waals surface area (Å²) in [5.41, 5.74) is 3.27. The number of rotatable bonds is 8. The zero-order chi connectivity index (χ0) is 20.8. The van der Waals surface area contributed by atoms with Crippen molar-refractivity contribution in [2.24, 2.45) is 4.99 Å². The molecule has 0 bridgehead atoms. The minimum Gasteiger partial charge on any atom is -0.497 e. The molecule has 2 heterocycles. The van der Waals surface area contributed by atoms with Crippen LogP contribution in [0.5, 0.6) is 11.5 Å². The Kier molecular flexibility index (Phi) is 9.22. The fraction of sp³-hybridized carbons (Fsp3) is 0.429. The second-order valence-electron chi connectivity index (χ2n) is 6.88. The van der Waals surface area contributed by atoms with Gasteiger partial charge in [0.2, 0.25) is 0 Å². The standard InChI is InChI=1S/C21H29N5O2S.HI/c1-14-24-16(13-29-14)12-26(3)21(22-2)23-8-6-7-15-9-18-19(25-15)10-17(27-4)11-20(18)28-5;/h9-11,13,25H,6-8,12H2,1-5H3,(H,22,23);1H. The number of aliphatic imine (C=N–C) groups is 1. The summed E-state index contributed by atoms with van der Waals surface area (Å²) < 4.78 is 10.8. The first kappa shape index (κ1) is 24.3. The van der Waals surface area contributed by atoms with Crippen LogP contribution in [0.4, 0.5) is 0 Å². The molecule has 0 atom stereocenters. The average Bonchev–Trinajstić information content (AvgIpc) is 3.32. The lowest BCUT2D eigenvalue weighted by molar-refractivity contribution is 0.398. The van der Waals surface area contributed by atoms with Crippen molar-refractivity contribution in [3.8, 4) is 11.5 Å². The van der Waals surface area contributed by atoms with E-state index in [1.807, 2.05) is 33.2 Å². The van der Waals surface area contributed by atoms with Gasteiger partial charge < -0.3 is 24.7 Å². The molecular weight excluding hydrogens is 513 g/mol. The van der Waals surface area contributed by atoms with Crippen molar-refractivity contribution in [2.75, 3.05) is 34.9 Å². The van der Waals surface area contributed by atoms with Gasteiger partial charge in [-0.3, -0.25) is 4.99 Å². The average molecular weight is 543 g/mol. The largest absolute Gasteiger partial charge is 0.497 e. The van der Waals surface area contributed by atoms with Gasteiger partial charge in [0.25, 0.3) is 0 Å². The van der Waals surface area contributed by atoms with Crippen LogP contribution in [0.15, 0.2) is 28.6 Å². The first-order chi connectivity index (χ1) is 14.0. The molecule has 0 saturated carbocycles. The maximum Gasteiger partial charge on any atom is 0.193 e. The van der Waals surface area contributed by atoms with Crippen LogP contribution in [0.2, 0.25) is 0 Å². The maximum atomic E-state index is 5.49. The Labute approximate surface area is 198 Å². The summed E-state index contributed by atoms with van der Waals surface area (Å²) in [6.07, 6.45) is 1.91. The predicted octanol–water partition coefficient (Wildman–Crippen LogP) is 4.21. The van der Waals surface area contributed by atoms with Crippen molar-refractivity contribution in [3.63, 3.8) is 0 Å². The second kappa shape index (κ2) is 11.4. The Balaban J connectivity index is 0.00000320. The van der Waals surface area contributed by atoms with Gasteiger partial charge in [0, 0.05) is 49.2 Å². The lowest BCUT2D eigenvalue weighted by Gasteiger charge is -2.21. The number of methoxy groups -OCH3 is 2. The third-order valence-electron chi connectivity index (χ3n) is 4.73. The minimum atomic E-state index is 0. The van der Waals surface area contributed by atoms with E-state index in [-0.39, 0.29) is 24.0 Å². The summed E-state index contributed by atoms with van der Waals surface area (Å²) in [6.45, 7) is 3.60. The van der Waals surface area contributed by atoms with Crippen molar-refractivity contribution in [1.29, 1.82) is 0 Å². The van der Waals surface area contributed by atoms with E-state index in [0.29, 0.717) is 0 Å². The van der Waals surface area contributed by atoms with Gasteiger partial charge in [-0.15, -0.1) is 35.3 Å². The highest BCUT2D eigenvalue weighted by Crippen LogP contribution is 2.31. The highest BCUT2D eigenvalue weighted by molar-refractivity contribution is 14.0. The van der Waals surface area contributed by atoms with Crippen molar-refractivity contribution in [1.82, 2.24) is 20.2 Å². The fourth-order valence-corrected chi connectivity index (χ4v) is 3.92. The van der Waals surface area contributed by atoms with Gasteiger partial charge in [0.05, 0.1) is 37.0 Å². The monoisotopic (exact) mass is 543 g/mol. The number of halogens is 1. The summed E-state index contributed by atoms with van der Waals surface area (Å²) in [6, 6.07) is 6.06. The number of thiazole rings is 1. The molecule has 0 aliphatic heterocycles. The number of guanidine groups is 1. The Morgan fingerprint density at radius 1 is 1.27 bits per heavy atom. The molecule has 1 aromatic carbocycles. The molecule has 3 rings (SSSR count). The molecule has 9 heteroatoms. The third kappa shape index (κ3) is 6.00. The minimum absolute atomic E-state index is 0. The van der Waals surface area contributed by atoms with Crippen LogP contribution in [0.25, 0.3) is 10.9 Å². The number of H-pyrrole nitrogens is 1. The molecule has 0 fully saturated rings. The topological polar surface area (TPSA) is 74.8 Å². The number of aryl methyl sites for hydroxylation is 2. The number of hydrogen-bond donors (Lipinski definition) is 2. The van der Waals surface area contributed by atoms with Crippen LogP contribution >= 0.6 is 35.3 Å². The van der Waals surface area contributed by atoms with Gasteiger partial charge in [0.1, 0.15) is 11.5 Å². The van der Waals surface area contributed by atoms with Crippen LogP contribution in [0.1, 0.15) is 22.8 Å².